The van der Waals surface area contributed by atoms with Crippen LogP contribution in [0, 0.1) is 0 Å². The molecule has 1 aromatic heterocycles. The number of benzene rings is 1. The van der Waals surface area contributed by atoms with Crippen LogP contribution in [-0.4, -0.2) is 42.7 Å². The number of pyridine rings is 1. The summed E-state index contributed by atoms with van der Waals surface area (Å²) in [6, 6.07) is 10.3. The van der Waals surface area contributed by atoms with Crippen molar-refractivity contribution in [1.29, 1.82) is 0 Å². The fourth-order valence-electron chi connectivity index (χ4n) is 3.37. The number of amides is 1. The number of aromatic nitrogens is 1. The second-order valence-corrected chi connectivity index (χ2v) is 6.79. The van der Waals surface area contributed by atoms with Crippen molar-refractivity contribution in [3.05, 3.63) is 58.5 Å². The maximum Gasteiger partial charge on any atom is 0.270 e. The summed E-state index contributed by atoms with van der Waals surface area (Å²) in [6.45, 7) is 1.42. The Morgan fingerprint density at radius 1 is 0.964 bits per heavy atom. The summed E-state index contributed by atoms with van der Waals surface area (Å²) in [5.41, 5.74) is 0.805. The van der Waals surface area contributed by atoms with Gasteiger partial charge in [0.2, 0.25) is 0 Å². The van der Waals surface area contributed by atoms with Crippen molar-refractivity contribution in [3.63, 3.8) is 0 Å². The maximum atomic E-state index is 13.4. The molecule has 3 rings (SSSR count). The van der Waals surface area contributed by atoms with Crippen molar-refractivity contribution in [2.24, 2.45) is 0 Å². The summed E-state index contributed by atoms with van der Waals surface area (Å²) in [5.74, 6) is 1.09. The van der Waals surface area contributed by atoms with Gasteiger partial charge in [0.25, 0.3) is 11.5 Å². The Balaban J connectivity index is 2.08. The summed E-state index contributed by atoms with van der Waals surface area (Å²) in [6.07, 6.45) is 7.56. The molecule has 0 spiro atoms. The van der Waals surface area contributed by atoms with Gasteiger partial charge in [0.05, 0.1) is 14.2 Å². The number of hydrogen-bond donors (Lipinski definition) is 0. The van der Waals surface area contributed by atoms with Crippen LogP contribution in [0.15, 0.2) is 47.4 Å². The van der Waals surface area contributed by atoms with Gasteiger partial charge < -0.3 is 14.4 Å². The first-order valence-electron chi connectivity index (χ1n) is 9.54. The van der Waals surface area contributed by atoms with Gasteiger partial charge >= 0.3 is 0 Å². The first-order valence-corrected chi connectivity index (χ1v) is 9.54. The molecule has 0 saturated carbocycles. The zero-order valence-corrected chi connectivity index (χ0v) is 16.4. The highest BCUT2D eigenvalue weighted by Crippen LogP contribution is 2.25. The van der Waals surface area contributed by atoms with E-state index in [1.807, 2.05) is 17.0 Å². The number of nitrogens with zero attached hydrogens (tertiary/aromatic N) is 2. The fraction of sp³-hybridized carbons (Fsp3) is 0.364. The molecular formula is C22H26N2O4. The number of ether oxygens (including phenoxy) is 2. The molecule has 6 heteroatoms. The second-order valence-electron chi connectivity index (χ2n) is 6.79. The van der Waals surface area contributed by atoms with E-state index in [1.54, 1.807) is 44.7 Å². The predicted octanol–water partition coefficient (Wildman–Crippen LogP) is 3.27. The third-order valence-corrected chi connectivity index (χ3v) is 4.87. The van der Waals surface area contributed by atoms with Crippen LogP contribution in [0.2, 0.25) is 0 Å². The topological polar surface area (TPSA) is 60.8 Å². The molecule has 0 aliphatic carbocycles. The van der Waals surface area contributed by atoms with Crippen molar-refractivity contribution >= 4 is 17.7 Å². The van der Waals surface area contributed by atoms with Crippen molar-refractivity contribution in [1.82, 2.24) is 9.47 Å². The third kappa shape index (κ3) is 4.63. The Hall–Kier alpha value is -3.02. The smallest absolute Gasteiger partial charge is 0.270 e. The largest absolute Gasteiger partial charge is 0.497 e. The lowest BCUT2D eigenvalue weighted by Crippen LogP contribution is -2.36. The van der Waals surface area contributed by atoms with E-state index in [-0.39, 0.29) is 11.5 Å². The average Bonchev–Trinajstić information content (AvgIpc) is 3.01. The Kier molecular flexibility index (Phi) is 6.53. The van der Waals surface area contributed by atoms with E-state index in [9.17, 15) is 9.59 Å². The number of carbonyl (C=O) groups is 1. The minimum Gasteiger partial charge on any atom is -0.497 e. The SMILES string of the molecule is COc1cc(/C=C(/C(=O)N2CCCCCC2)n2ccccc2=O)cc(OC)c1. The third-order valence-electron chi connectivity index (χ3n) is 4.87. The lowest BCUT2D eigenvalue weighted by atomic mass is 10.1. The molecule has 0 atom stereocenters. The minimum absolute atomic E-state index is 0.142. The molecule has 1 amide bonds. The van der Waals surface area contributed by atoms with Crippen molar-refractivity contribution in [2.75, 3.05) is 27.3 Å². The summed E-state index contributed by atoms with van der Waals surface area (Å²) in [7, 11) is 3.15. The zero-order chi connectivity index (χ0) is 19.9. The van der Waals surface area contributed by atoms with Crippen LogP contribution in [0.5, 0.6) is 11.5 Å². The average molecular weight is 382 g/mol. The van der Waals surface area contributed by atoms with Crippen LogP contribution in [-0.2, 0) is 4.79 Å². The van der Waals surface area contributed by atoms with Gasteiger partial charge in [-0.05, 0) is 42.7 Å². The first-order chi connectivity index (χ1) is 13.6. The van der Waals surface area contributed by atoms with Crippen LogP contribution in [0.3, 0.4) is 0 Å². The van der Waals surface area contributed by atoms with E-state index in [2.05, 4.69) is 0 Å². The van der Waals surface area contributed by atoms with E-state index >= 15 is 0 Å². The lowest BCUT2D eigenvalue weighted by molar-refractivity contribution is -0.125. The van der Waals surface area contributed by atoms with Crippen LogP contribution >= 0.6 is 0 Å². The summed E-state index contributed by atoms with van der Waals surface area (Å²) >= 11 is 0. The van der Waals surface area contributed by atoms with E-state index < -0.39 is 0 Å². The molecule has 1 saturated heterocycles. The Bertz CT molecular complexity index is 886. The maximum absolute atomic E-state index is 13.4. The standard InChI is InChI=1S/C22H26N2O4/c1-27-18-13-17(14-19(16-18)28-2)15-20(24-12-8-5-9-21(24)25)22(26)23-10-6-3-4-7-11-23/h5,8-9,12-16H,3-4,6-7,10-11H2,1-2H3/b20-15-. The quantitative estimate of drug-likeness (QED) is 0.745. The molecule has 28 heavy (non-hydrogen) atoms. The fourth-order valence-corrected chi connectivity index (χ4v) is 3.37. The molecule has 1 fully saturated rings. The van der Waals surface area contributed by atoms with Crippen LogP contribution in [0.4, 0.5) is 0 Å². The Labute approximate surface area is 165 Å². The molecular weight excluding hydrogens is 356 g/mol. The molecule has 1 aromatic carbocycles. The van der Waals surface area contributed by atoms with Gasteiger partial charge in [-0.2, -0.15) is 0 Å². The van der Waals surface area contributed by atoms with Crippen LogP contribution < -0.4 is 15.0 Å². The van der Waals surface area contributed by atoms with Gasteiger partial charge in [-0.25, -0.2) is 0 Å². The summed E-state index contributed by atoms with van der Waals surface area (Å²) < 4.78 is 12.1. The molecule has 0 unspecified atom stereocenters. The number of carbonyl (C=O) groups excluding carboxylic acids is 1. The molecule has 1 aliphatic heterocycles. The molecule has 1 aliphatic rings. The van der Waals surface area contributed by atoms with E-state index in [4.69, 9.17) is 9.47 Å². The van der Waals surface area contributed by atoms with E-state index in [1.165, 1.54) is 10.6 Å². The minimum atomic E-state index is -0.244. The predicted molar refractivity (Wildman–Crippen MR) is 109 cm³/mol. The molecule has 6 nitrogen and oxygen atoms in total. The van der Waals surface area contributed by atoms with Crippen molar-refractivity contribution in [3.8, 4) is 11.5 Å². The Morgan fingerprint density at radius 2 is 1.61 bits per heavy atom. The summed E-state index contributed by atoms with van der Waals surface area (Å²) in [4.78, 5) is 27.6. The molecule has 0 N–H and O–H groups in total. The van der Waals surface area contributed by atoms with E-state index in [0.29, 0.717) is 30.3 Å². The molecule has 0 radical (unpaired) electrons. The number of likely N-dealkylation sites (tertiary alicyclic amines) is 1. The highest BCUT2D eigenvalue weighted by atomic mass is 16.5. The van der Waals surface area contributed by atoms with Crippen LogP contribution in [0.1, 0.15) is 31.2 Å². The lowest BCUT2D eigenvalue weighted by Gasteiger charge is -2.22. The zero-order valence-electron chi connectivity index (χ0n) is 16.4. The Morgan fingerprint density at radius 3 is 2.18 bits per heavy atom. The normalized spacial score (nSPS) is 15.1. The summed E-state index contributed by atoms with van der Waals surface area (Å²) in [5, 5.41) is 0. The van der Waals surface area contributed by atoms with Gasteiger partial charge in [-0.1, -0.05) is 18.9 Å². The number of methoxy groups -OCH3 is 2. The molecule has 2 aromatic rings. The molecule has 148 valence electrons. The molecule has 2 heterocycles. The monoisotopic (exact) mass is 382 g/mol. The number of rotatable bonds is 5. The second kappa shape index (κ2) is 9.26. The highest BCUT2D eigenvalue weighted by molar-refractivity contribution is 6.18. The van der Waals surface area contributed by atoms with E-state index in [0.717, 1.165) is 31.2 Å². The number of hydrogen-bond acceptors (Lipinski definition) is 4. The van der Waals surface area contributed by atoms with Gasteiger partial charge in [-0.3, -0.25) is 14.2 Å². The van der Waals surface area contributed by atoms with Crippen molar-refractivity contribution in [2.45, 2.75) is 25.7 Å². The molecule has 0 bridgehead atoms. The highest BCUT2D eigenvalue weighted by Gasteiger charge is 2.21. The first kappa shape index (κ1) is 19.7. The van der Waals surface area contributed by atoms with Gasteiger partial charge in [0.15, 0.2) is 0 Å². The van der Waals surface area contributed by atoms with Crippen LogP contribution in [0.25, 0.3) is 11.8 Å². The van der Waals surface area contributed by atoms with Gasteiger partial charge in [-0.15, -0.1) is 0 Å². The van der Waals surface area contributed by atoms with Gasteiger partial charge in [0, 0.05) is 31.4 Å². The van der Waals surface area contributed by atoms with Crippen molar-refractivity contribution < 1.29 is 14.3 Å². The van der Waals surface area contributed by atoms with Gasteiger partial charge in [0.1, 0.15) is 17.2 Å².